The molecule has 0 spiro atoms. The van der Waals surface area contributed by atoms with Gasteiger partial charge in [-0.1, -0.05) is 6.42 Å². The van der Waals surface area contributed by atoms with Crippen LogP contribution in [0.4, 0.5) is 0 Å². The summed E-state index contributed by atoms with van der Waals surface area (Å²) in [6.07, 6.45) is 3.33. The number of aliphatic hydroxyl groups excluding tert-OH is 1. The molecule has 0 aliphatic heterocycles. The van der Waals surface area contributed by atoms with E-state index in [1.807, 2.05) is 0 Å². The Morgan fingerprint density at radius 2 is 2.20 bits per heavy atom. The quantitative estimate of drug-likeness (QED) is 0.595. The summed E-state index contributed by atoms with van der Waals surface area (Å²) in [6, 6.07) is 0. The Bertz CT molecular complexity index is 131. The van der Waals surface area contributed by atoms with Crippen molar-refractivity contribution >= 4 is 5.78 Å². The highest BCUT2D eigenvalue weighted by Gasteiger charge is 2.22. The number of rotatable bonds is 1. The maximum atomic E-state index is 10.8. The van der Waals surface area contributed by atoms with Gasteiger partial charge in [-0.3, -0.25) is 4.79 Å². The van der Waals surface area contributed by atoms with Crippen LogP contribution < -0.4 is 0 Å². The molecular weight excluding hydrogens is 128 g/mol. The van der Waals surface area contributed by atoms with Crippen LogP contribution in [0.25, 0.3) is 0 Å². The van der Waals surface area contributed by atoms with Crippen LogP contribution in [0.5, 0.6) is 0 Å². The van der Waals surface area contributed by atoms with Crippen molar-refractivity contribution in [1.82, 2.24) is 0 Å². The summed E-state index contributed by atoms with van der Waals surface area (Å²) in [5, 5.41) is 9.18. The molecule has 10 heavy (non-hydrogen) atoms. The number of ketones is 1. The summed E-state index contributed by atoms with van der Waals surface area (Å²) in [6.45, 7) is 1.61. The van der Waals surface area contributed by atoms with Gasteiger partial charge < -0.3 is 5.11 Å². The Morgan fingerprint density at radius 1 is 1.50 bits per heavy atom. The first-order chi connectivity index (χ1) is 4.70. The molecule has 0 radical (unpaired) electrons. The van der Waals surface area contributed by atoms with Gasteiger partial charge in [-0.2, -0.15) is 0 Å². The highest BCUT2D eigenvalue weighted by Crippen LogP contribution is 2.24. The van der Waals surface area contributed by atoms with Gasteiger partial charge in [-0.05, 0) is 26.2 Å². The third kappa shape index (κ3) is 1.81. The second-order valence-electron chi connectivity index (χ2n) is 3.13. The first kappa shape index (κ1) is 7.73. The predicted octanol–water partition coefficient (Wildman–Crippen LogP) is 1.13. The van der Waals surface area contributed by atoms with Crippen molar-refractivity contribution < 1.29 is 9.90 Å². The Morgan fingerprint density at radius 3 is 2.60 bits per heavy atom. The smallest absolute Gasteiger partial charge is 0.133 e. The van der Waals surface area contributed by atoms with Gasteiger partial charge in [-0.25, -0.2) is 0 Å². The molecule has 0 aromatic carbocycles. The Hall–Kier alpha value is -0.370. The predicted molar refractivity (Wildman–Crippen MR) is 38.6 cm³/mol. The van der Waals surface area contributed by atoms with Crippen LogP contribution in [-0.2, 0) is 4.79 Å². The normalized spacial score (nSPS) is 33.8. The van der Waals surface area contributed by atoms with Gasteiger partial charge in [0.25, 0.3) is 0 Å². The van der Waals surface area contributed by atoms with Crippen LogP contribution in [0.1, 0.15) is 32.6 Å². The Labute approximate surface area is 61.2 Å². The van der Waals surface area contributed by atoms with Crippen LogP contribution in [0.3, 0.4) is 0 Å². The van der Waals surface area contributed by atoms with Gasteiger partial charge >= 0.3 is 0 Å². The number of hydrogen-bond donors (Lipinski definition) is 1. The molecule has 0 aromatic rings. The molecule has 1 N–H and O–H groups in total. The van der Waals surface area contributed by atoms with E-state index >= 15 is 0 Å². The van der Waals surface area contributed by atoms with Crippen molar-refractivity contribution in [2.24, 2.45) is 5.92 Å². The monoisotopic (exact) mass is 142 g/mol. The van der Waals surface area contributed by atoms with Crippen molar-refractivity contribution in [1.29, 1.82) is 0 Å². The first-order valence-corrected chi connectivity index (χ1v) is 3.88. The third-order valence-electron chi connectivity index (χ3n) is 2.22. The van der Waals surface area contributed by atoms with Crippen LogP contribution in [-0.4, -0.2) is 17.0 Å². The van der Waals surface area contributed by atoms with E-state index in [1.165, 1.54) is 0 Å². The maximum Gasteiger partial charge on any atom is 0.133 e. The van der Waals surface area contributed by atoms with Crippen LogP contribution in [0.2, 0.25) is 0 Å². The molecule has 2 atom stereocenters. The lowest BCUT2D eigenvalue weighted by Gasteiger charge is -2.23. The molecule has 2 nitrogen and oxygen atoms in total. The molecule has 1 fully saturated rings. The maximum absolute atomic E-state index is 10.8. The SMILES string of the molecule is CC(=O)[C@@H]1CCC[C@@H](O)C1. The lowest BCUT2D eigenvalue weighted by Crippen LogP contribution is -2.23. The van der Waals surface area contributed by atoms with E-state index in [9.17, 15) is 9.90 Å². The van der Waals surface area contributed by atoms with E-state index in [-0.39, 0.29) is 17.8 Å². The summed E-state index contributed by atoms with van der Waals surface area (Å²) in [5.41, 5.74) is 0. The van der Waals surface area contributed by atoms with Gasteiger partial charge in [0.2, 0.25) is 0 Å². The fourth-order valence-corrected chi connectivity index (χ4v) is 1.53. The van der Waals surface area contributed by atoms with Crippen LogP contribution >= 0.6 is 0 Å². The Balaban J connectivity index is 2.39. The van der Waals surface area contributed by atoms with Gasteiger partial charge in [0.15, 0.2) is 0 Å². The number of aliphatic hydroxyl groups is 1. The lowest BCUT2D eigenvalue weighted by atomic mass is 9.85. The van der Waals surface area contributed by atoms with Crippen molar-refractivity contribution in [3.8, 4) is 0 Å². The Kier molecular flexibility index (Phi) is 2.44. The largest absolute Gasteiger partial charge is 0.393 e. The molecule has 1 aliphatic carbocycles. The fraction of sp³-hybridized carbons (Fsp3) is 0.875. The van der Waals surface area contributed by atoms with E-state index in [1.54, 1.807) is 6.92 Å². The summed E-state index contributed by atoms with van der Waals surface area (Å²) >= 11 is 0. The zero-order valence-electron chi connectivity index (χ0n) is 6.34. The van der Waals surface area contributed by atoms with Crippen LogP contribution in [0.15, 0.2) is 0 Å². The van der Waals surface area contributed by atoms with Gasteiger partial charge in [0.1, 0.15) is 5.78 Å². The highest BCUT2D eigenvalue weighted by atomic mass is 16.3. The van der Waals surface area contributed by atoms with Crippen molar-refractivity contribution in [2.45, 2.75) is 38.7 Å². The molecule has 0 unspecified atom stereocenters. The topological polar surface area (TPSA) is 37.3 Å². The van der Waals surface area contributed by atoms with E-state index in [2.05, 4.69) is 0 Å². The highest BCUT2D eigenvalue weighted by molar-refractivity contribution is 5.78. The van der Waals surface area contributed by atoms with Gasteiger partial charge in [0, 0.05) is 5.92 Å². The van der Waals surface area contributed by atoms with E-state index in [4.69, 9.17) is 0 Å². The number of carbonyl (C=O) groups excluding carboxylic acids is 1. The molecule has 1 saturated carbocycles. The average molecular weight is 142 g/mol. The third-order valence-corrected chi connectivity index (χ3v) is 2.22. The average Bonchev–Trinajstić information content (AvgIpc) is 1.88. The number of Topliss-reactive ketones (excluding diaryl/α,β-unsaturated/α-hetero) is 1. The van der Waals surface area contributed by atoms with Crippen molar-refractivity contribution in [3.05, 3.63) is 0 Å². The molecule has 1 aliphatic rings. The van der Waals surface area contributed by atoms with E-state index in [0.29, 0.717) is 6.42 Å². The second-order valence-corrected chi connectivity index (χ2v) is 3.13. The molecule has 0 heterocycles. The van der Waals surface area contributed by atoms with Crippen molar-refractivity contribution in [3.63, 3.8) is 0 Å². The molecule has 58 valence electrons. The zero-order chi connectivity index (χ0) is 7.56. The molecule has 2 heteroatoms. The van der Waals surface area contributed by atoms with Gasteiger partial charge in [0.05, 0.1) is 6.10 Å². The molecule has 1 rings (SSSR count). The molecule has 0 saturated heterocycles. The molecule has 0 amide bonds. The minimum Gasteiger partial charge on any atom is -0.393 e. The summed E-state index contributed by atoms with van der Waals surface area (Å²) in [7, 11) is 0. The fourth-order valence-electron chi connectivity index (χ4n) is 1.53. The summed E-state index contributed by atoms with van der Waals surface area (Å²) in [5.74, 6) is 0.377. The molecule has 0 aromatic heterocycles. The lowest BCUT2D eigenvalue weighted by molar-refractivity contribution is -0.122. The number of hydrogen-bond acceptors (Lipinski definition) is 2. The standard InChI is InChI=1S/C8H14O2/c1-6(9)7-3-2-4-8(10)5-7/h7-8,10H,2-5H2,1H3/t7-,8-/m1/s1. The van der Waals surface area contributed by atoms with Crippen LogP contribution in [0, 0.1) is 5.92 Å². The number of carbonyl (C=O) groups is 1. The molecular formula is C8H14O2. The van der Waals surface area contributed by atoms with Gasteiger partial charge in [-0.15, -0.1) is 0 Å². The van der Waals surface area contributed by atoms with E-state index in [0.717, 1.165) is 19.3 Å². The minimum absolute atomic E-state index is 0.142. The first-order valence-electron chi connectivity index (χ1n) is 3.88. The summed E-state index contributed by atoms with van der Waals surface area (Å²) in [4.78, 5) is 10.8. The zero-order valence-corrected chi connectivity index (χ0v) is 6.34. The minimum atomic E-state index is -0.220. The van der Waals surface area contributed by atoms with E-state index < -0.39 is 0 Å². The summed E-state index contributed by atoms with van der Waals surface area (Å²) < 4.78 is 0. The van der Waals surface area contributed by atoms with Crippen molar-refractivity contribution in [2.75, 3.05) is 0 Å². The second kappa shape index (κ2) is 3.15. The molecule has 0 bridgehead atoms.